The van der Waals surface area contributed by atoms with Crippen LogP contribution in [-0.4, -0.2) is 53.6 Å². The Labute approximate surface area is 274 Å². The highest BCUT2D eigenvalue weighted by Gasteiger charge is 2.28. The summed E-state index contributed by atoms with van der Waals surface area (Å²) in [6.45, 7) is 6.72. The van der Waals surface area contributed by atoms with Crippen LogP contribution in [0.3, 0.4) is 0 Å². The fraction of sp³-hybridized carbons (Fsp3) is 0.486. The van der Waals surface area contributed by atoms with Crippen molar-refractivity contribution in [3.63, 3.8) is 0 Å². The van der Waals surface area contributed by atoms with Crippen molar-refractivity contribution in [2.45, 2.75) is 91.5 Å². The second-order valence-electron chi connectivity index (χ2n) is 12.8. The molecular weight excluding hydrogens is 604 g/mol. The van der Waals surface area contributed by atoms with Gasteiger partial charge in [-0.05, 0) is 88.8 Å². The third-order valence-corrected chi connectivity index (χ3v) is 8.31. The maximum absolute atomic E-state index is 13.6. The van der Waals surface area contributed by atoms with Gasteiger partial charge in [0, 0.05) is 12.1 Å². The highest BCUT2D eigenvalue weighted by molar-refractivity contribution is 6.01. The van der Waals surface area contributed by atoms with Gasteiger partial charge in [0.15, 0.2) is 6.73 Å². The van der Waals surface area contributed by atoms with Crippen molar-refractivity contribution in [1.82, 2.24) is 14.9 Å². The van der Waals surface area contributed by atoms with Gasteiger partial charge in [-0.3, -0.25) is 23.7 Å². The third kappa shape index (κ3) is 8.55. The lowest BCUT2D eigenvalue weighted by molar-refractivity contribution is -0.157. The summed E-state index contributed by atoms with van der Waals surface area (Å²) < 4.78 is 16.4. The molecule has 47 heavy (non-hydrogen) atoms. The van der Waals surface area contributed by atoms with E-state index in [2.05, 4.69) is 20.4 Å². The minimum absolute atomic E-state index is 0.192. The smallest absolute Gasteiger partial charge is 0.328 e. The second-order valence-corrected chi connectivity index (χ2v) is 12.8. The van der Waals surface area contributed by atoms with Crippen molar-refractivity contribution < 1.29 is 33.4 Å². The number of carbonyl (C=O) groups is 4. The summed E-state index contributed by atoms with van der Waals surface area (Å²) >= 11 is 0. The molecule has 1 aliphatic carbocycles. The van der Waals surface area contributed by atoms with Crippen LogP contribution < -0.4 is 16.2 Å². The number of benzene rings is 2. The van der Waals surface area contributed by atoms with E-state index in [4.69, 9.17) is 9.47 Å². The number of esters is 3. The fourth-order valence-electron chi connectivity index (χ4n) is 5.60. The zero-order chi connectivity index (χ0) is 34.3. The molecule has 1 aliphatic rings. The minimum atomic E-state index is -0.849. The Kier molecular flexibility index (Phi) is 11.4. The van der Waals surface area contributed by atoms with Gasteiger partial charge in [0.25, 0.3) is 11.5 Å². The average molecular weight is 649 g/mol. The van der Waals surface area contributed by atoms with E-state index in [1.807, 2.05) is 18.2 Å². The molecule has 12 nitrogen and oxygen atoms in total. The quantitative estimate of drug-likeness (QED) is 0.151. The molecule has 2 unspecified atom stereocenters. The molecular formula is C35H44N4O8. The van der Waals surface area contributed by atoms with Gasteiger partial charge in [-0.15, -0.1) is 0 Å². The number of hydrogen-bond donors (Lipinski definition) is 2. The van der Waals surface area contributed by atoms with Gasteiger partial charge in [0.05, 0.1) is 42.1 Å². The van der Waals surface area contributed by atoms with Crippen LogP contribution in [0.1, 0.15) is 92.6 Å². The van der Waals surface area contributed by atoms with E-state index in [1.54, 1.807) is 45.9 Å². The van der Waals surface area contributed by atoms with E-state index in [9.17, 15) is 24.0 Å². The monoisotopic (exact) mass is 648 g/mol. The largest absolute Gasteiger partial charge is 0.469 e. The van der Waals surface area contributed by atoms with Gasteiger partial charge in [-0.2, -0.15) is 0 Å². The molecule has 0 saturated heterocycles. The summed E-state index contributed by atoms with van der Waals surface area (Å²) in [6.07, 6.45) is 4.06. The average Bonchev–Trinajstić information content (AvgIpc) is 3.43. The molecule has 0 spiro atoms. The number of aryl methyl sites for hydroxylation is 2. The molecule has 0 fully saturated rings. The van der Waals surface area contributed by atoms with Crippen LogP contribution in [0, 0.1) is 12.3 Å². The Morgan fingerprint density at radius 3 is 2.49 bits per heavy atom. The van der Waals surface area contributed by atoms with E-state index in [0.29, 0.717) is 60.1 Å². The second kappa shape index (κ2) is 15.2. The lowest BCUT2D eigenvalue weighted by Gasteiger charge is -2.21. The molecule has 12 heteroatoms. The first-order valence-corrected chi connectivity index (χ1v) is 15.9. The number of ether oxygens (including phenoxy) is 3. The molecule has 0 bridgehead atoms. The third-order valence-electron chi connectivity index (χ3n) is 8.31. The summed E-state index contributed by atoms with van der Waals surface area (Å²) in [5, 5.41) is 6.72. The van der Waals surface area contributed by atoms with Crippen molar-refractivity contribution in [2.24, 2.45) is 5.41 Å². The number of para-hydroxylation sites is 1. The Morgan fingerprint density at radius 2 is 1.79 bits per heavy atom. The van der Waals surface area contributed by atoms with Crippen LogP contribution in [0.5, 0.6) is 0 Å². The summed E-state index contributed by atoms with van der Waals surface area (Å²) in [6, 6.07) is 9.77. The molecule has 0 saturated carbocycles. The van der Waals surface area contributed by atoms with Crippen LogP contribution in [0.15, 0.2) is 41.2 Å². The van der Waals surface area contributed by atoms with Crippen LogP contribution in [0.25, 0.3) is 10.9 Å². The van der Waals surface area contributed by atoms with E-state index in [0.717, 1.165) is 24.0 Å². The minimum Gasteiger partial charge on any atom is -0.469 e. The van der Waals surface area contributed by atoms with Gasteiger partial charge in [0.1, 0.15) is 11.9 Å². The van der Waals surface area contributed by atoms with E-state index >= 15 is 0 Å². The van der Waals surface area contributed by atoms with Crippen LogP contribution in [-0.2, 0) is 41.7 Å². The Hall–Kier alpha value is -4.74. The molecule has 1 heterocycles. The zero-order valence-electron chi connectivity index (χ0n) is 27.9. The number of rotatable bonds is 13. The Morgan fingerprint density at radius 1 is 1.04 bits per heavy atom. The van der Waals surface area contributed by atoms with Gasteiger partial charge in [-0.1, -0.05) is 25.0 Å². The predicted octanol–water partition coefficient (Wildman–Crippen LogP) is 4.75. The molecule has 1 aromatic heterocycles. The molecule has 4 rings (SSSR count). The zero-order valence-corrected chi connectivity index (χ0v) is 27.9. The van der Waals surface area contributed by atoms with Gasteiger partial charge in [0.2, 0.25) is 0 Å². The van der Waals surface area contributed by atoms with Crippen LogP contribution >= 0.6 is 0 Å². The van der Waals surface area contributed by atoms with Crippen molar-refractivity contribution in [2.75, 3.05) is 19.5 Å². The fourth-order valence-corrected chi connectivity index (χ4v) is 5.60. The highest BCUT2D eigenvalue weighted by atomic mass is 16.5. The van der Waals surface area contributed by atoms with Crippen LogP contribution in [0.4, 0.5) is 5.69 Å². The van der Waals surface area contributed by atoms with Gasteiger partial charge >= 0.3 is 17.9 Å². The number of methoxy groups -OCH3 is 2. The number of fused-ring (bicyclic) bond motifs is 2. The first kappa shape index (κ1) is 35.1. The normalized spacial score (nSPS) is 14.6. The summed E-state index contributed by atoms with van der Waals surface area (Å²) in [5.74, 6) is -1.23. The van der Waals surface area contributed by atoms with Gasteiger partial charge in [-0.25, -0.2) is 9.78 Å². The molecule has 252 valence electrons. The summed E-state index contributed by atoms with van der Waals surface area (Å²) in [5.41, 5.74) is 2.48. The molecule has 2 N–H and O–H groups in total. The molecule has 1 amide bonds. The number of anilines is 1. The maximum atomic E-state index is 13.6. The SMILES string of the molecule is COC(=O)CCCCCC(NC(=O)c1ccccc1NC1CCc2cc3nc(C)n(COC(=O)C(C)(C)C)c(=O)c3cc21)C(=O)OC. The number of nitrogens with zero attached hydrogens (tertiary/aromatic N) is 2. The standard InChI is InChI=1S/C35H44N4O8/c1-21-36-29-18-22-16-17-27(24(22)19-25(29)32(42)39(21)20-47-34(44)35(2,3)4)37-26-13-11-10-12-23(26)31(41)38-28(33(43)46-6)14-8-7-9-15-30(40)45-5/h10-13,18-19,27-28,37H,7-9,14-17,20H2,1-6H3,(H,38,41). The van der Waals surface area contributed by atoms with E-state index < -0.39 is 29.3 Å². The number of nitrogens with one attached hydrogen (secondary N) is 2. The lowest BCUT2D eigenvalue weighted by Crippen LogP contribution is -2.41. The highest BCUT2D eigenvalue weighted by Crippen LogP contribution is 2.36. The number of carbonyl (C=O) groups excluding carboxylic acids is 4. The van der Waals surface area contributed by atoms with Gasteiger partial charge < -0.3 is 24.8 Å². The number of aromatic nitrogens is 2. The maximum Gasteiger partial charge on any atom is 0.328 e. The van der Waals surface area contributed by atoms with Crippen LogP contribution in [0.2, 0.25) is 0 Å². The first-order chi connectivity index (χ1) is 22.3. The Bertz CT molecular complexity index is 1710. The van der Waals surface area contributed by atoms with E-state index in [1.165, 1.54) is 18.8 Å². The van der Waals surface area contributed by atoms with Crippen molar-refractivity contribution in [3.8, 4) is 0 Å². The summed E-state index contributed by atoms with van der Waals surface area (Å²) in [4.78, 5) is 67.9. The topological polar surface area (TPSA) is 155 Å². The predicted molar refractivity (Wildman–Crippen MR) is 176 cm³/mol. The van der Waals surface area contributed by atoms with Crippen molar-refractivity contribution in [3.05, 3.63) is 69.3 Å². The molecule has 3 aromatic rings. The van der Waals surface area contributed by atoms with Crippen molar-refractivity contribution in [1.29, 1.82) is 0 Å². The molecule has 0 aliphatic heterocycles. The lowest BCUT2D eigenvalue weighted by atomic mass is 9.98. The molecule has 2 atom stereocenters. The molecule has 2 aromatic carbocycles. The number of hydrogen-bond acceptors (Lipinski definition) is 10. The number of unbranched alkanes of at least 4 members (excludes halogenated alkanes) is 2. The first-order valence-electron chi connectivity index (χ1n) is 15.9. The van der Waals surface area contributed by atoms with Crippen molar-refractivity contribution >= 4 is 40.4 Å². The summed E-state index contributed by atoms with van der Waals surface area (Å²) in [7, 11) is 2.62. The Balaban J connectivity index is 1.52. The number of amides is 1. The van der Waals surface area contributed by atoms with E-state index in [-0.39, 0.29) is 24.3 Å². The molecule has 0 radical (unpaired) electrons.